The molecule has 102 valence electrons. The van der Waals surface area contributed by atoms with Crippen molar-refractivity contribution in [2.45, 2.75) is 12.1 Å². The molecule has 0 saturated carbocycles. The number of hydrogen-bond acceptors (Lipinski definition) is 6. The van der Waals surface area contributed by atoms with E-state index in [9.17, 15) is 13.5 Å². The topological polar surface area (TPSA) is 78.9 Å². The largest absolute Gasteiger partial charge is 0.390 e. The molecular formula is C10H22N2O4S. The minimum Gasteiger partial charge on any atom is -0.390 e. The lowest BCUT2D eigenvalue weighted by molar-refractivity contribution is 0.110. The Morgan fingerprint density at radius 1 is 1.35 bits per heavy atom. The van der Waals surface area contributed by atoms with Gasteiger partial charge in [-0.15, -0.1) is 0 Å². The van der Waals surface area contributed by atoms with Gasteiger partial charge in [0, 0.05) is 19.1 Å². The highest BCUT2D eigenvalue weighted by molar-refractivity contribution is 7.91. The molecule has 2 atom stereocenters. The van der Waals surface area contributed by atoms with Gasteiger partial charge in [-0.1, -0.05) is 0 Å². The summed E-state index contributed by atoms with van der Waals surface area (Å²) in [6.07, 6.45) is -0.790. The van der Waals surface area contributed by atoms with Crippen molar-refractivity contribution < 1.29 is 18.3 Å². The predicted molar refractivity (Wildman–Crippen MR) is 65.8 cm³/mol. The van der Waals surface area contributed by atoms with Crippen LogP contribution < -0.4 is 5.32 Å². The van der Waals surface area contributed by atoms with Gasteiger partial charge in [0.05, 0.1) is 30.8 Å². The molecule has 1 aliphatic rings. The molecule has 6 nitrogen and oxygen atoms in total. The number of hydrogen-bond donors (Lipinski definition) is 2. The lowest BCUT2D eigenvalue weighted by Crippen LogP contribution is -2.40. The van der Waals surface area contributed by atoms with Gasteiger partial charge >= 0.3 is 0 Å². The van der Waals surface area contributed by atoms with Gasteiger partial charge in [0.15, 0.2) is 9.84 Å². The van der Waals surface area contributed by atoms with Crippen molar-refractivity contribution in [3.05, 3.63) is 0 Å². The third-order valence-electron chi connectivity index (χ3n) is 2.66. The average molecular weight is 266 g/mol. The van der Waals surface area contributed by atoms with E-state index in [2.05, 4.69) is 5.32 Å². The zero-order valence-corrected chi connectivity index (χ0v) is 11.2. The zero-order chi connectivity index (χ0) is 12.9. The molecule has 1 heterocycles. The maximum absolute atomic E-state index is 11.2. The number of ether oxygens (including phenoxy) is 1. The van der Waals surface area contributed by atoms with Crippen LogP contribution in [-0.4, -0.2) is 82.5 Å². The van der Waals surface area contributed by atoms with Gasteiger partial charge in [0.1, 0.15) is 0 Å². The van der Waals surface area contributed by atoms with Crippen LogP contribution >= 0.6 is 0 Å². The average Bonchev–Trinajstić information content (AvgIpc) is 2.45. The summed E-state index contributed by atoms with van der Waals surface area (Å²) in [4.78, 5) is 2.03. The van der Waals surface area contributed by atoms with E-state index >= 15 is 0 Å². The maximum Gasteiger partial charge on any atom is 0.154 e. The van der Waals surface area contributed by atoms with Crippen LogP contribution in [0.4, 0.5) is 0 Å². The zero-order valence-electron chi connectivity index (χ0n) is 10.4. The predicted octanol–water partition coefficient (Wildman–Crippen LogP) is -1.69. The molecule has 0 bridgehead atoms. The van der Waals surface area contributed by atoms with E-state index in [1.54, 1.807) is 0 Å². The van der Waals surface area contributed by atoms with E-state index in [4.69, 9.17) is 4.74 Å². The van der Waals surface area contributed by atoms with Crippen molar-refractivity contribution in [3.63, 3.8) is 0 Å². The smallest absolute Gasteiger partial charge is 0.154 e. The van der Waals surface area contributed by atoms with Crippen LogP contribution in [-0.2, 0) is 14.6 Å². The highest BCUT2D eigenvalue weighted by atomic mass is 32.2. The fraction of sp³-hybridized carbons (Fsp3) is 1.00. The van der Waals surface area contributed by atoms with Gasteiger partial charge in [-0.25, -0.2) is 8.42 Å². The van der Waals surface area contributed by atoms with Crippen LogP contribution in [0.1, 0.15) is 0 Å². The molecule has 1 rings (SSSR count). The number of sulfone groups is 1. The quantitative estimate of drug-likeness (QED) is 0.536. The Morgan fingerprint density at radius 2 is 2.06 bits per heavy atom. The number of aliphatic hydroxyl groups is 1. The summed E-state index contributed by atoms with van der Waals surface area (Å²) in [5.41, 5.74) is 0. The van der Waals surface area contributed by atoms with Gasteiger partial charge in [-0.3, -0.25) is 0 Å². The Bertz CT molecular complexity index is 318. The molecule has 0 radical (unpaired) electrons. The van der Waals surface area contributed by atoms with Crippen molar-refractivity contribution in [1.29, 1.82) is 0 Å². The van der Waals surface area contributed by atoms with Crippen molar-refractivity contribution in [2.24, 2.45) is 0 Å². The maximum atomic E-state index is 11.2. The fourth-order valence-corrected chi connectivity index (χ4v) is 3.47. The standard InChI is InChI=1S/C10H22N2O4S/c1-12(2)4-6-16-5-3-11-9-7-17(14,15)8-10(9)13/h9-11,13H,3-8H2,1-2H3. The van der Waals surface area contributed by atoms with Crippen molar-refractivity contribution in [1.82, 2.24) is 10.2 Å². The molecule has 1 fully saturated rings. The molecule has 17 heavy (non-hydrogen) atoms. The van der Waals surface area contributed by atoms with Crippen LogP contribution in [0.3, 0.4) is 0 Å². The molecule has 2 unspecified atom stereocenters. The van der Waals surface area contributed by atoms with Gasteiger partial charge in [0.2, 0.25) is 0 Å². The Morgan fingerprint density at radius 3 is 2.59 bits per heavy atom. The van der Waals surface area contributed by atoms with E-state index in [-0.39, 0.29) is 17.5 Å². The monoisotopic (exact) mass is 266 g/mol. The second-order valence-electron chi connectivity index (χ2n) is 4.62. The van der Waals surface area contributed by atoms with Gasteiger partial charge < -0.3 is 20.1 Å². The van der Waals surface area contributed by atoms with Gasteiger partial charge in [-0.2, -0.15) is 0 Å². The van der Waals surface area contributed by atoms with Crippen LogP contribution in [0.25, 0.3) is 0 Å². The summed E-state index contributed by atoms with van der Waals surface area (Å²) < 4.78 is 27.8. The third-order valence-corrected chi connectivity index (χ3v) is 4.37. The second-order valence-corrected chi connectivity index (χ2v) is 6.77. The molecule has 0 aromatic rings. The first kappa shape index (κ1) is 14.8. The highest BCUT2D eigenvalue weighted by Gasteiger charge is 2.35. The summed E-state index contributed by atoms with van der Waals surface area (Å²) in [7, 11) is 0.884. The molecule has 2 N–H and O–H groups in total. The second kappa shape index (κ2) is 6.65. The number of aliphatic hydroxyl groups excluding tert-OH is 1. The van der Waals surface area contributed by atoms with E-state index in [0.29, 0.717) is 19.8 Å². The van der Waals surface area contributed by atoms with Gasteiger partial charge in [-0.05, 0) is 14.1 Å². The molecular weight excluding hydrogens is 244 g/mol. The molecule has 0 aliphatic carbocycles. The van der Waals surface area contributed by atoms with Crippen LogP contribution in [0.15, 0.2) is 0 Å². The number of rotatable bonds is 7. The Balaban J connectivity index is 2.07. The minimum absolute atomic E-state index is 0.0197. The van der Waals surface area contributed by atoms with Crippen molar-refractivity contribution in [2.75, 3.05) is 51.9 Å². The Kier molecular flexibility index (Phi) is 5.81. The molecule has 1 aliphatic heterocycles. The van der Waals surface area contributed by atoms with E-state index in [1.807, 2.05) is 19.0 Å². The van der Waals surface area contributed by atoms with E-state index in [0.717, 1.165) is 6.54 Å². The van der Waals surface area contributed by atoms with E-state index < -0.39 is 15.9 Å². The normalized spacial score (nSPS) is 27.8. The first-order chi connectivity index (χ1) is 7.91. The SMILES string of the molecule is CN(C)CCOCCNC1CS(=O)(=O)CC1O. The fourth-order valence-electron chi connectivity index (χ4n) is 1.69. The third kappa shape index (κ3) is 5.78. The first-order valence-corrected chi connectivity index (χ1v) is 7.57. The summed E-state index contributed by atoms with van der Waals surface area (Å²) in [6, 6.07) is -0.350. The molecule has 0 aromatic carbocycles. The van der Waals surface area contributed by atoms with Crippen molar-refractivity contribution in [3.8, 4) is 0 Å². The lowest BCUT2D eigenvalue weighted by atomic mass is 10.2. The highest BCUT2D eigenvalue weighted by Crippen LogP contribution is 2.11. The van der Waals surface area contributed by atoms with Crippen LogP contribution in [0.5, 0.6) is 0 Å². The number of nitrogens with one attached hydrogen (secondary N) is 1. The molecule has 0 aromatic heterocycles. The molecule has 1 saturated heterocycles. The summed E-state index contributed by atoms with van der Waals surface area (Å²) >= 11 is 0. The first-order valence-electron chi connectivity index (χ1n) is 5.75. The summed E-state index contributed by atoms with van der Waals surface area (Å²) in [6.45, 7) is 2.60. The Hall–Kier alpha value is -0.210. The summed E-state index contributed by atoms with van der Waals surface area (Å²) in [5, 5.41) is 12.5. The lowest BCUT2D eigenvalue weighted by Gasteiger charge is -2.15. The number of nitrogens with zero attached hydrogens (tertiary/aromatic N) is 1. The van der Waals surface area contributed by atoms with Crippen LogP contribution in [0.2, 0.25) is 0 Å². The molecule has 7 heteroatoms. The van der Waals surface area contributed by atoms with Crippen LogP contribution in [0, 0.1) is 0 Å². The van der Waals surface area contributed by atoms with E-state index in [1.165, 1.54) is 0 Å². The van der Waals surface area contributed by atoms with Crippen molar-refractivity contribution >= 4 is 9.84 Å². The Labute approximate surface area is 103 Å². The number of likely N-dealkylation sites (N-methyl/N-ethyl adjacent to an activating group) is 1. The minimum atomic E-state index is -3.06. The molecule has 0 spiro atoms. The van der Waals surface area contributed by atoms with Gasteiger partial charge in [0.25, 0.3) is 0 Å². The summed E-state index contributed by atoms with van der Waals surface area (Å²) in [5.74, 6) is -0.113. The molecule has 0 amide bonds.